The van der Waals surface area contributed by atoms with Gasteiger partial charge in [-0.1, -0.05) is 0 Å². The first kappa shape index (κ1) is 15.0. The zero-order valence-electron chi connectivity index (χ0n) is 13.1. The molecule has 1 aliphatic heterocycles. The second-order valence-electron chi connectivity index (χ2n) is 5.55. The Morgan fingerprint density at radius 3 is 2.82 bits per heavy atom. The van der Waals surface area contributed by atoms with Crippen molar-refractivity contribution in [3.63, 3.8) is 0 Å². The van der Waals surface area contributed by atoms with Crippen LogP contribution in [0.1, 0.15) is 13.3 Å². The minimum atomic E-state index is 0.0690. The van der Waals surface area contributed by atoms with E-state index in [9.17, 15) is 4.79 Å². The fourth-order valence-electron chi connectivity index (χ4n) is 2.79. The number of ether oxygens (including phenoxy) is 2. The van der Waals surface area contributed by atoms with Crippen LogP contribution in [0.4, 0.5) is 5.95 Å². The highest BCUT2D eigenvalue weighted by atomic mass is 16.5. The van der Waals surface area contributed by atoms with Crippen LogP contribution in [-0.2, 0) is 9.53 Å². The molecule has 0 bridgehead atoms. The molecule has 0 N–H and O–H groups in total. The van der Waals surface area contributed by atoms with Gasteiger partial charge < -0.3 is 19.3 Å². The monoisotopic (exact) mass is 306 g/mol. The van der Waals surface area contributed by atoms with E-state index >= 15 is 0 Å². The highest BCUT2D eigenvalue weighted by Gasteiger charge is 2.46. The number of rotatable bonds is 5. The van der Waals surface area contributed by atoms with E-state index in [4.69, 9.17) is 9.47 Å². The van der Waals surface area contributed by atoms with Gasteiger partial charge in [0.2, 0.25) is 17.7 Å². The minimum Gasteiger partial charge on any atom is -0.481 e. The lowest BCUT2D eigenvalue weighted by Crippen LogP contribution is -2.50. The van der Waals surface area contributed by atoms with Crippen LogP contribution < -0.4 is 9.64 Å². The van der Waals surface area contributed by atoms with Crippen LogP contribution in [-0.4, -0.2) is 66.8 Å². The average Bonchev–Trinajstić information content (AvgIpc) is 3.34. The summed E-state index contributed by atoms with van der Waals surface area (Å²) in [6, 6.07) is 1.73. The van der Waals surface area contributed by atoms with Crippen LogP contribution in [0.3, 0.4) is 0 Å². The fourth-order valence-corrected chi connectivity index (χ4v) is 2.79. The first-order valence-corrected chi connectivity index (χ1v) is 7.75. The molecule has 7 heteroatoms. The van der Waals surface area contributed by atoms with E-state index in [0.717, 1.165) is 19.5 Å². The summed E-state index contributed by atoms with van der Waals surface area (Å²) in [4.78, 5) is 25.0. The number of hydrogen-bond donors (Lipinski definition) is 0. The third kappa shape index (κ3) is 3.14. The molecule has 1 saturated carbocycles. The van der Waals surface area contributed by atoms with E-state index in [1.165, 1.54) is 0 Å². The summed E-state index contributed by atoms with van der Waals surface area (Å²) in [5.74, 6) is 1.51. The smallest absolute Gasteiger partial charge is 0.228 e. The third-order valence-corrected chi connectivity index (χ3v) is 4.13. The molecule has 0 radical (unpaired) electrons. The lowest BCUT2D eigenvalue weighted by Gasteiger charge is -2.34. The van der Waals surface area contributed by atoms with Gasteiger partial charge in [-0.3, -0.25) is 4.79 Å². The SMILES string of the molecule is CCOC1CC1C(=O)N1CCN(c2nccc(OC)n2)CC1. The molecule has 2 heterocycles. The first-order chi connectivity index (χ1) is 10.7. The van der Waals surface area contributed by atoms with Gasteiger partial charge in [0.05, 0.1) is 19.1 Å². The molecule has 22 heavy (non-hydrogen) atoms. The predicted molar refractivity (Wildman–Crippen MR) is 80.9 cm³/mol. The Hall–Kier alpha value is -1.89. The summed E-state index contributed by atoms with van der Waals surface area (Å²) < 4.78 is 10.6. The maximum atomic E-state index is 12.4. The largest absolute Gasteiger partial charge is 0.481 e. The van der Waals surface area contributed by atoms with Crippen LogP contribution in [0.25, 0.3) is 0 Å². The van der Waals surface area contributed by atoms with Crippen molar-refractivity contribution >= 4 is 11.9 Å². The van der Waals surface area contributed by atoms with Gasteiger partial charge in [-0.15, -0.1) is 0 Å². The number of aromatic nitrogens is 2. The van der Waals surface area contributed by atoms with Crippen LogP contribution in [0.5, 0.6) is 5.88 Å². The Balaban J connectivity index is 1.53. The maximum Gasteiger partial charge on any atom is 0.228 e. The Bertz CT molecular complexity index is 531. The Morgan fingerprint density at radius 2 is 2.14 bits per heavy atom. The molecule has 2 unspecified atom stereocenters. The molecule has 2 fully saturated rings. The van der Waals surface area contributed by atoms with Crippen molar-refractivity contribution in [2.45, 2.75) is 19.4 Å². The lowest BCUT2D eigenvalue weighted by molar-refractivity contribution is -0.133. The van der Waals surface area contributed by atoms with Crippen molar-refractivity contribution in [2.24, 2.45) is 5.92 Å². The summed E-state index contributed by atoms with van der Waals surface area (Å²) >= 11 is 0. The Labute approximate surface area is 130 Å². The number of hydrogen-bond acceptors (Lipinski definition) is 6. The molecule has 1 aromatic heterocycles. The quantitative estimate of drug-likeness (QED) is 0.792. The van der Waals surface area contributed by atoms with Crippen LogP contribution in [0.15, 0.2) is 12.3 Å². The molecule has 0 aromatic carbocycles. The summed E-state index contributed by atoms with van der Waals surface area (Å²) in [6.45, 7) is 5.53. The predicted octanol–water partition coefficient (Wildman–Crippen LogP) is 0.559. The summed E-state index contributed by atoms with van der Waals surface area (Å²) in [7, 11) is 1.59. The van der Waals surface area contributed by atoms with Crippen molar-refractivity contribution in [1.29, 1.82) is 0 Å². The van der Waals surface area contributed by atoms with Crippen molar-refractivity contribution in [3.8, 4) is 5.88 Å². The minimum absolute atomic E-state index is 0.0690. The summed E-state index contributed by atoms with van der Waals surface area (Å²) in [6.07, 6.45) is 2.69. The van der Waals surface area contributed by atoms with Crippen molar-refractivity contribution in [1.82, 2.24) is 14.9 Å². The molecular weight excluding hydrogens is 284 g/mol. The van der Waals surface area contributed by atoms with Gasteiger partial charge in [0.15, 0.2) is 0 Å². The highest BCUT2D eigenvalue weighted by Crippen LogP contribution is 2.35. The molecular formula is C15H22N4O3. The zero-order chi connectivity index (χ0) is 15.5. The molecule has 1 saturated heterocycles. The maximum absolute atomic E-state index is 12.4. The summed E-state index contributed by atoms with van der Waals surface area (Å²) in [5, 5.41) is 0. The number of carbonyl (C=O) groups is 1. The summed E-state index contributed by atoms with van der Waals surface area (Å²) in [5.41, 5.74) is 0. The molecule has 1 aromatic rings. The molecule has 120 valence electrons. The van der Waals surface area contributed by atoms with Gasteiger partial charge in [0.1, 0.15) is 0 Å². The number of nitrogens with zero attached hydrogens (tertiary/aromatic N) is 4. The first-order valence-electron chi connectivity index (χ1n) is 7.75. The van der Waals surface area contributed by atoms with E-state index in [1.807, 2.05) is 11.8 Å². The van der Waals surface area contributed by atoms with E-state index < -0.39 is 0 Å². The van der Waals surface area contributed by atoms with E-state index in [-0.39, 0.29) is 17.9 Å². The van der Waals surface area contributed by atoms with Gasteiger partial charge in [0.25, 0.3) is 0 Å². The van der Waals surface area contributed by atoms with Crippen LogP contribution in [0.2, 0.25) is 0 Å². The number of carbonyl (C=O) groups excluding carboxylic acids is 1. The second-order valence-corrected chi connectivity index (χ2v) is 5.55. The van der Waals surface area contributed by atoms with Crippen molar-refractivity contribution < 1.29 is 14.3 Å². The number of amides is 1. The van der Waals surface area contributed by atoms with Crippen molar-refractivity contribution in [3.05, 3.63) is 12.3 Å². The van der Waals surface area contributed by atoms with Crippen LogP contribution >= 0.6 is 0 Å². The topological polar surface area (TPSA) is 67.8 Å². The lowest BCUT2D eigenvalue weighted by atomic mass is 10.2. The average molecular weight is 306 g/mol. The normalized spacial score (nSPS) is 24.3. The Morgan fingerprint density at radius 1 is 1.36 bits per heavy atom. The van der Waals surface area contributed by atoms with Gasteiger partial charge >= 0.3 is 0 Å². The molecule has 7 nitrogen and oxygen atoms in total. The second kappa shape index (κ2) is 6.48. The van der Waals surface area contributed by atoms with Gasteiger partial charge in [-0.25, -0.2) is 4.98 Å². The standard InChI is InChI=1S/C15H22N4O3/c1-3-22-12-10-11(12)14(20)18-6-8-19(9-7-18)15-16-5-4-13(17-15)21-2/h4-5,11-12H,3,6-10H2,1-2H3. The molecule has 2 aliphatic rings. The zero-order valence-corrected chi connectivity index (χ0v) is 13.1. The molecule has 3 rings (SSSR count). The van der Waals surface area contributed by atoms with Gasteiger partial charge in [-0.05, 0) is 13.3 Å². The van der Waals surface area contributed by atoms with Crippen LogP contribution in [0, 0.1) is 5.92 Å². The molecule has 1 amide bonds. The molecule has 1 aliphatic carbocycles. The third-order valence-electron chi connectivity index (χ3n) is 4.13. The molecule has 2 atom stereocenters. The molecule has 0 spiro atoms. The van der Waals surface area contributed by atoms with E-state index in [1.54, 1.807) is 19.4 Å². The van der Waals surface area contributed by atoms with Gasteiger partial charge in [-0.2, -0.15) is 4.98 Å². The van der Waals surface area contributed by atoms with Gasteiger partial charge in [0, 0.05) is 45.0 Å². The number of methoxy groups -OCH3 is 1. The fraction of sp³-hybridized carbons (Fsp3) is 0.667. The number of piperazine rings is 1. The van der Waals surface area contributed by atoms with E-state index in [0.29, 0.717) is 31.5 Å². The van der Waals surface area contributed by atoms with Crippen molar-refractivity contribution in [2.75, 3.05) is 44.8 Å². The number of anilines is 1. The Kier molecular flexibility index (Phi) is 4.42. The van der Waals surface area contributed by atoms with E-state index in [2.05, 4.69) is 14.9 Å². The highest BCUT2D eigenvalue weighted by molar-refractivity contribution is 5.82.